The minimum Gasteiger partial charge on any atom is -0.399 e. The Morgan fingerprint density at radius 3 is 3.10 bits per heavy atom. The Morgan fingerprint density at radius 2 is 2.25 bits per heavy atom. The van der Waals surface area contributed by atoms with Crippen molar-refractivity contribution in [3.8, 4) is 0 Å². The van der Waals surface area contributed by atoms with Gasteiger partial charge in [0.25, 0.3) is 5.91 Å². The largest absolute Gasteiger partial charge is 0.399 e. The molecule has 0 radical (unpaired) electrons. The molecule has 0 bridgehead atoms. The van der Waals surface area contributed by atoms with E-state index in [9.17, 15) is 4.79 Å². The Morgan fingerprint density at radius 1 is 1.35 bits per heavy atom. The summed E-state index contributed by atoms with van der Waals surface area (Å²) in [7, 11) is 0. The van der Waals surface area contributed by atoms with Gasteiger partial charge in [0.1, 0.15) is 5.82 Å². The number of hydrogen-bond donors (Lipinski definition) is 2. The molecule has 0 saturated carbocycles. The van der Waals surface area contributed by atoms with Crippen molar-refractivity contribution in [3.05, 3.63) is 41.5 Å². The van der Waals surface area contributed by atoms with Gasteiger partial charge in [-0.2, -0.15) is 0 Å². The predicted octanol–water partition coefficient (Wildman–Crippen LogP) is 1.13. The first-order chi connectivity index (χ1) is 9.74. The first kappa shape index (κ1) is 12.7. The molecule has 3 rings (SSSR count). The normalized spacial score (nSPS) is 13.8. The standard InChI is InChI=1S/C14H17N5O/c15-11-5-3-4-10(8-11)14(20)16-9-13-18-17-12-6-1-2-7-19(12)13/h3-5,8H,1-2,6-7,9,15H2,(H,16,20). The van der Waals surface area contributed by atoms with E-state index < -0.39 is 0 Å². The number of rotatable bonds is 3. The third-order valence-electron chi connectivity index (χ3n) is 3.49. The predicted molar refractivity (Wildman–Crippen MR) is 75.0 cm³/mol. The highest BCUT2D eigenvalue weighted by Gasteiger charge is 2.16. The fraction of sp³-hybridized carbons (Fsp3) is 0.357. The summed E-state index contributed by atoms with van der Waals surface area (Å²) in [6, 6.07) is 6.93. The lowest BCUT2D eigenvalue weighted by Gasteiger charge is -2.14. The van der Waals surface area contributed by atoms with Crippen LogP contribution in [0, 0.1) is 0 Å². The van der Waals surface area contributed by atoms with E-state index in [-0.39, 0.29) is 5.91 Å². The van der Waals surface area contributed by atoms with Gasteiger partial charge in [-0.1, -0.05) is 6.07 Å². The van der Waals surface area contributed by atoms with E-state index in [4.69, 9.17) is 5.73 Å². The number of benzene rings is 1. The number of aromatic nitrogens is 3. The molecule has 0 spiro atoms. The van der Waals surface area contributed by atoms with Crippen LogP contribution in [0.2, 0.25) is 0 Å². The molecule has 6 heteroatoms. The summed E-state index contributed by atoms with van der Waals surface area (Å²) in [6.07, 6.45) is 3.27. The monoisotopic (exact) mass is 271 g/mol. The SMILES string of the molecule is Nc1cccc(C(=O)NCc2nnc3n2CCCC3)c1. The minimum absolute atomic E-state index is 0.148. The van der Waals surface area contributed by atoms with Crippen LogP contribution in [0.5, 0.6) is 0 Å². The lowest BCUT2D eigenvalue weighted by molar-refractivity contribution is 0.0949. The van der Waals surface area contributed by atoms with Gasteiger partial charge in [0.2, 0.25) is 0 Å². The number of nitrogen functional groups attached to an aromatic ring is 1. The van der Waals surface area contributed by atoms with Crippen molar-refractivity contribution in [1.82, 2.24) is 20.1 Å². The number of carbonyl (C=O) groups is 1. The average Bonchev–Trinajstić information content (AvgIpc) is 2.88. The molecule has 1 aromatic heterocycles. The molecule has 3 N–H and O–H groups in total. The number of anilines is 1. The van der Waals surface area contributed by atoms with E-state index in [1.807, 2.05) is 0 Å². The highest BCUT2D eigenvalue weighted by atomic mass is 16.1. The Kier molecular flexibility index (Phi) is 3.37. The zero-order valence-electron chi connectivity index (χ0n) is 11.2. The lowest BCUT2D eigenvalue weighted by atomic mass is 10.1. The molecule has 2 aromatic rings. The molecule has 1 amide bonds. The highest BCUT2D eigenvalue weighted by molar-refractivity contribution is 5.94. The number of carbonyl (C=O) groups excluding carboxylic acids is 1. The molecule has 0 atom stereocenters. The fourth-order valence-corrected chi connectivity index (χ4v) is 2.44. The summed E-state index contributed by atoms with van der Waals surface area (Å²) in [5.41, 5.74) is 6.81. The van der Waals surface area contributed by atoms with Crippen LogP contribution in [0.4, 0.5) is 5.69 Å². The highest BCUT2D eigenvalue weighted by Crippen LogP contribution is 2.14. The third kappa shape index (κ3) is 2.49. The summed E-state index contributed by atoms with van der Waals surface area (Å²) in [5, 5.41) is 11.2. The molecule has 0 unspecified atom stereocenters. The molecule has 1 aliphatic heterocycles. The topological polar surface area (TPSA) is 85.8 Å². The quantitative estimate of drug-likeness (QED) is 0.819. The van der Waals surface area contributed by atoms with Crippen molar-refractivity contribution in [3.63, 3.8) is 0 Å². The second-order valence-electron chi connectivity index (χ2n) is 4.95. The van der Waals surface area contributed by atoms with Crippen LogP contribution in [0.1, 0.15) is 34.8 Å². The van der Waals surface area contributed by atoms with Gasteiger partial charge in [-0.25, -0.2) is 0 Å². The first-order valence-electron chi connectivity index (χ1n) is 6.79. The second kappa shape index (κ2) is 5.32. The molecule has 20 heavy (non-hydrogen) atoms. The summed E-state index contributed by atoms with van der Waals surface area (Å²) in [5.74, 6) is 1.69. The Bertz CT molecular complexity index is 634. The summed E-state index contributed by atoms with van der Waals surface area (Å²) >= 11 is 0. The van der Waals surface area contributed by atoms with E-state index in [2.05, 4.69) is 20.1 Å². The maximum Gasteiger partial charge on any atom is 0.251 e. The summed E-state index contributed by atoms with van der Waals surface area (Å²) < 4.78 is 2.10. The van der Waals surface area contributed by atoms with Gasteiger partial charge in [0.15, 0.2) is 5.82 Å². The lowest BCUT2D eigenvalue weighted by Crippen LogP contribution is -2.25. The van der Waals surface area contributed by atoms with Crippen LogP contribution in [-0.2, 0) is 19.5 Å². The van der Waals surface area contributed by atoms with E-state index in [1.165, 1.54) is 0 Å². The summed E-state index contributed by atoms with van der Waals surface area (Å²) in [6.45, 7) is 1.33. The third-order valence-corrected chi connectivity index (χ3v) is 3.49. The smallest absolute Gasteiger partial charge is 0.251 e. The number of nitrogens with two attached hydrogens (primary N) is 1. The van der Waals surface area contributed by atoms with E-state index in [0.29, 0.717) is 17.8 Å². The molecule has 2 heterocycles. The second-order valence-corrected chi connectivity index (χ2v) is 4.95. The first-order valence-corrected chi connectivity index (χ1v) is 6.79. The number of aryl methyl sites for hydroxylation is 1. The molecule has 104 valence electrons. The van der Waals surface area contributed by atoms with Gasteiger partial charge in [-0.15, -0.1) is 10.2 Å². The van der Waals surface area contributed by atoms with Gasteiger partial charge < -0.3 is 15.6 Å². The molecule has 0 fully saturated rings. The number of nitrogens with one attached hydrogen (secondary N) is 1. The van der Waals surface area contributed by atoms with Gasteiger partial charge in [-0.05, 0) is 31.0 Å². The van der Waals surface area contributed by atoms with Crippen LogP contribution < -0.4 is 11.1 Å². The van der Waals surface area contributed by atoms with Crippen molar-refractivity contribution in [2.75, 3.05) is 5.73 Å². The molecule has 1 aliphatic rings. The van der Waals surface area contributed by atoms with Gasteiger partial charge in [0, 0.05) is 24.2 Å². The average molecular weight is 271 g/mol. The molecule has 6 nitrogen and oxygen atoms in total. The van der Waals surface area contributed by atoms with E-state index >= 15 is 0 Å². The van der Waals surface area contributed by atoms with Crippen LogP contribution >= 0.6 is 0 Å². The van der Waals surface area contributed by atoms with Crippen molar-refractivity contribution in [2.24, 2.45) is 0 Å². The van der Waals surface area contributed by atoms with Crippen molar-refractivity contribution in [2.45, 2.75) is 32.4 Å². The molecular formula is C14H17N5O. The maximum absolute atomic E-state index is 12.0. The van der Waals surface area contributed by atoms with Gasteiger partial charge in [0.05, 0.1) is 6.54 Å². The molecule has 1 aromatic carbocycles. The summed E-state index contributed by atoms with van der Waals surface area (Å²) in [4.78, 5) is 12.0. The Hall–Kier alpha value is -2.37. The zero-order chi connectivity index (χ0) is 13.9. The van der Waals surface area contributed by atoms with Crippen molar-refractivity contribution in [1.29, 1.82) is 0 Å². The van der Waals surface area contributed by atoms with Crippen molar-refractivity contribution < 1.29 is 4.79 Å². The Balaban J connectivity index is 1.68. The Labute approximate surface area is 117 Å². The molecule has 0 aliphatic carbocycles. The maximum atomic E-state index is 12.0. The van der Waals surface area contributed by atoms with Crippen LogP contribution in [0.25, 0.3) is 0 Å². The number of amides is 1. The minimum atomic E-state index is -0.148. The van der Waals surface area contributed by atoms with E-state index in [1.54, 1.807) is 24.3 Å². The number of hydrogen-bond acceptors (Lipinski definition) is 4. The fourth-order valence-electron chi connectivity index (χ4n) is 2.44. The number of fused-ring (bicyclic) bond motifs is 1. The molecular weight excluding hydrogens is 254 g/mol. The van der Waals surface area contributed by atoms with Crippen LogP contribution in [-0.4, -0.2) is 20.7 Å². The van der Waals surface area contributed by atoms with Gasteiger partial charge >= 0.3 is 0 Å². The van der Waals surface area contributed by atoms with Gasteiger partial charge in [-0.3, -0.25) is 4.79 Å². The zero-order valence-corrected chi connectivity index (χ0v) is 11.2. The molecule has 0 saturated heterocycles. The number of nitrogens with zero attached hydrogens (tertiary/aromatic N) is 3. The van der Waals surface area contributed by atoms with E-state index in [0.717, 1.165) is 37.5 Å². The van der Waals surface area contributed by atoms with Crippen LogP contribution in [0.15, 0.2) is 24.3 Å². The van der Waals surface area contributed by atoms with Crippen molar-refractivity contribution >= 4 is 11.6 Å². The van der Waals surface area contributed by atoms with Crippen LogP contribution in [0.3, 0.4) is 0 Å².